The van der Waals surface area contributed by atoms with Crippen molar-refractivity contribution >= 4 is 44.7 Å². The van der Waals surface area contributed by atoms with E-state index in [4.69, 9.17) is 4.98 Å². The molecule has 6 aliphatic rings. The van der Waals surface area contributed by atoms with Gasteiger partial charge in [-0.1, -0.05) is 196 Å². The molecular weight excluding hydrogens is 969 g/mol. The van der Waals surface area contributed by atoms with E-state index in [0.717, 1.165) is 67.0 Å². The number of pyridine rings is 1. The molecule has 9 aromatic rings. The molecule has 0 saturated heterocycles. The zero-order valence-corrected chi connectivity index (χ0v) is 45.3. The van der Waals surface area contributed by atoms with E-state index in [1.807, 2.05) is 12.4 Å². The molecular formula is C76H60N4. The molecule has 8 aromatic carbocycles. The van der Waals surface area contributed by atoms with Gasteiger partial charge in [-0.05, 0) is 170 Å². The molecule has 0 fully saturated rings. The van der Waals surface area contributed by atoms with Crippen LogP contribution < -0.4 is 15.1 Å². The lowest BCUT2D eigenvalue weighted by Crippen LogP contribution is -2.30. The predicted molar refractivity (Wildman–Crippen MR) is 331 cm³/mol. The normalized spacial score (nSPS) is 17.7. The molecule has 4 heteroatoms. The summed E-state index contributed by atoms with van der Waals surface area (Å²) in [5, 5.41) is 6.08. The maximum Gasteiger partial charge on any atom is 0.0975 e. The minimum atomic E-state index is -0.640. The summed E-state index contributed by atoms with van der Waals surface area (Å²) < 4.78 is 0. The van der Waals surface area contributed by atoms with Crippen LogP contribution in [0.2, 0.25) is 0 Å². The van der Waals surface area contributed by atoms with Gasteiger partial charge in [0.05, 0.1) is 28.7 Å². The summed E-state index contributed by atoms with van der Waals surface area (Å²) in [4.78, 5) is 9.84. The van der Waals surface area contributed by atoms with Crippen molar-refractivity contribution in [1.82, 2.24) is 10.3 Å². The SMILES string of the molecule is CC1(C)c2cc(N(C3=CNCCC3)c3ccc4cc(C5=CC=CCC5)ccc4c3)c#cc2-c2c(N(C3=CC=C4C=CC(c5ccccc5)=CC4C3)c3cccnc3)cc3c(c21)-c1ccccc1C3(c1ccccc1)c1ccccc1. The molecule has 1 N–H and O–H groups in total. The van der Waals surface area contributed by atoms with Crippen molar-refractivity contribution < 1.29 is 0 Å². The highest BCUT2D eigenvalue weighted by molar-refractivity contribution is 6.03. The Kier molecular flexibility index (Phi) is 11.5. The molecule has 1 unspecified atom stereocenters. The maximum atomic E-state index is 4.86. The Morgan fingerprint density at radius 2 is 1.39 bits per heavy atom. The maximum absolute atomic E-state index is 4.86. The predicted octanol–water partition coefficient (Wildman–Crippen LogP) is 18.2. The number of nitrogens with zero attached hydrogens (tertiary/aromatic N) is 3. The van der Waals surface area contributed by atoms with E-state index >= 15 is 0 Å². The molecule has 15 rings (SSSR count). The van der Waals surface area contributed by atoms with Crippen LogP contribution in [0.4, 0.5) is 22.7 Å². The van der Waals surface area contributed by atoms with Crippen molar-refractivity contribution in [3.63, 3.8) is 0 Å². The number of hydrogen-bond donors (Lipinski definition) is 1. The van der Waals surface area contributed by atoms with Crippen LogP contribution in [-0.2, 0) is 10.8 Å². The summed E-state index contributed by atoms with van der Waals surface area (Å²) in [6, 6.07) is 73.6. The highest BCUT2D eigenvalue weighted by Crippen LogP contribution is 2.65. The third-order valence-corrected chi connectivity index (χ3v) is 17.9. The second-order valence-corrected chi connectivity index (χ2v) is 22.7. The smallest absolute Gasteiger partial charge is 0.0975 e. The first-order valence-electron chi connectivity index (χ1n) is 28.5. The molecule has 0 spiro atoms. The van der Waals surface area contributed by atoms with Gasteiger partial charge in [0.25, 0.3) is 0 Å². The number of nitrogens with one attached hydrogen (secondary N) is 1. The van der Waals surface area contributed by atoms with Gasteiger partial charge >= 0.3 is 0 Å². The molecule has 5 aliphatic carbocycles. The summed E-state index contributed by atoms with van der Waals surface area (Å²) in [6.45, 7) is 5.87. The number of hydrogen-bond acceptors (Lipinski definition) is 4. The summed E-state index contributed by atoms with van der Waals surface area (Å²) in [7, 11) is 0. The first kappa shape index (κ1) is 47.8. The monoisotopic (exact) mass is 1030 g/mol. The van der Waals surface area contributed by atoms with Crippen LogP contribution in [0.25, 0.3) is 44.2 Å². The van der Waals surface area contributed by atoms with Crippen LogP contribution in [0.3, 0.4) is 0 Å². The van der Waals surface area contributed by atoms with Crippen LogP contribution in [0.15, 0.2) is 260 Å². The number of anilines is 4. The highest BCUT2D eigenvalue weighted by Gasteiger charge is 2.52. The molecule has 1 aromatic heterocycles. The fourth-order valence-electron chi connectivity index (χ4n) is 14.2. The quantitative estimate of drug-likeness (QED) is 0.148. The number of allylic oxidation sites excluding steroid dienone is 13. The number of rotatable bonds is 10. The lowest BCUT2D eigenvalue weighted by molar-refractivity contribution is 0.659. The van der Waals surface area contributed by atoms with Gasteiger partial charge in [0.1, 0.15) is 0 Å². The van der Waals surface area contributed by atoms with E-state index in [9.17, 15) is 0 Å². The first-order chi connectivity index (χ1) is 39.4. The second kappa shape index (κ2) is 19.2. The average molecular weight is 1030 g/mol. The van der Waals surface area contributed by atoms with Gasteiger partial charge in [0.15, 0.2) is 0 Å². The number of aromatic nitrogens is 1. The van der Waals surface area contributed by atoms with E-state index in [-0.39, 0.29) is 5.92 Å². The third kappa shape index (κ3) is 7.63. The number of fused-ring (bicyclic) bond motifs is 9. The molecule has 1 atom stereocenters. The molecule has 0 saturated carbocycles. The Morgan fingerprint density at radius 1 is 0.613 bits per heavy atom. The van der Waals surface area contributed by atoms with Crippen molar-refractivity contribution in [2.45, 2.75) is 56.8 Å². The molecule has 2 heterocycles. The fourth-order valence-corrected chi connectivity index (χ4v) is 14.2. The molecule has 384 valence electrons. The molecule has 0 bridgehead atoms. The van der Waals surface area contributed by atoms with Crippen molar-refractivity contribution in [3.05, 3.63) is 317 Å². The van der Waals surface area contributed by atoms with Crippen LogP contribution >= 0.6 is 0 Å². The zero-order chi connectivity index (χ0) is 53.4. The summed E-state index contributed by atoms with van der Waals surface area (Å²) >= 11 is 0. The third-order valence-electron chi connectivity index (χ3n) is 17.9. The van der Waals surface area contributed by atoms with Crippen LogP contribution in [0.5, 0.6) is 0 Å². The summed E-state index contributed by atoms with van der Waals surface area (Å²) in [5.74, 6) is 0.179. The van der Waals surface area contributed by atoms with Crippen molar-refractivity contribution in [2.75, 3.05) is 16.3 Å². The Morgan fingerprint density at radius 3 is 2.15 bits per heavy atom. The van der Waals surface area contributed by atoms with E-state index in [1.54, 1.807) is 0 Å². The topological polar surface area (TPSA) is 31.4 Å². The Bertz CT molecular complexity index is 4130. The summed E-state index contributed by atoms with van der Waals surface area (Å²) in [5.41, 5.74) is 24.5. The van der Waals surface area contributed by atoms with Gasteiger partial charge in [-0.2, -0.15) is 0 Å². The van der Waals surface area contributed by atoms with Crippen molar-refractivity contribution in [1.29, 1.82) is 0 Å². The van der Waals surface area contributed by atoms with Gasteiger partial charge in [-0.3, -0.25) is 4.98 Å². The lowest BCUT2D eigenvalue weighted by atomic mass is 9.67. The highest BCUT2D eigenvalue weighted by atomic mass is 15.2. The lowest BCUT2D eigenvalue weighted by Gasteiger charge is -2.37. The Hall–Kier alpha value is -9.43. The van der Waals surface area contributed by atoms with Gasteiger partial charge in [-0.25, -0.2) is 0 Å². The van der Waals surface area contributed by atoms with Crippen LogP contribution in [0, 0.1) is 18.1 Å². The van der Waals surface area contributed by atoms with E-state index in [0.29, 0.717) is 0 Å². The van der Waals surface area contributed by atoms with Crippen molar-refractivity contribution in [2.24, 2.45) is 5.92 Å². The summed E-state index contributed by atoms with van der Waals surface area (Å²) in [6.07, 6.45) is 29.6. The standard InChI is InChI=1S/C76H60N4/c1-75(2)69-47-63(79(64-27-17-41-77-49-64)61-38-36-56-43-54(33-34-57(56)45-61)51-19-7-3-8-20-51)39-40-67(69)73-71(80(65-28-18-42-78-50-65)62-37-35-53-31-32-55(44-58(53)46-62)52-21-9-4-10-22-52)48-70-72(74(73)75)66-29-15-16-30-68(66)76(70,59-23-11-5-12-24-59)60-25-13-6-14-26-60/h3-7,9-16,18-19,21-26,28-38,42-45,47-50,58,77H,8,17,20,27,41,46H2,1-2H3. The van der Waals surface area contributed by atoms with Gasteiger partial charge in [-0.15, -0.1) is 0 Å². The Balaban J connectivity index is 0.971. The molecule has 80 heavy (non-hydrogen) atoms. The van der Waals surface area contributed by atoms with Crippen LogP contribution in [0.1, 0.15) is 90.5 Å². The second-order valence-electron chi connectivity index (χ2n) is 22.7. The van der Waals surface area contributed by atoms with E-state index in [1.165, 1.54) is 100 Å². The molecule has 0 amide bonds. The minimum Gasteiger partial charge on any atom is -0.389 e. The zero-order valence-electron chi connectivity index (χ0n) is 45.3. The molecule has 0 radical (unpaired) electrons. The largest absolute Gasteiger partial charge is 0.389 e. The fraction of sp³-hybridized carbons (Fsp3) is 0.145. The first-order valence-corrected chi connectivity index (χ1v) is 28.5. The van der Waals surface area contributed by atoms with Crippen molar-refractivity contribution in [3.8, 4) is 22.3 Å². The van der Waals surface area contributed by atoms with E-state index in [2.05, 4.69) is 272 Å². The Labute approximate surface area is 470 Å². The van der Waals surface area contributed by atoms with E-state index < -0.39 is 10.8 Å². The number of benzene rings is 7. The van der Waals surface area contributed by atoms with Gasteiger partial charge < -0.3 is 15.1 Å². The van der Waals surface area contributed by atoms with Gasteiger partial charge in [0.2, 0.25) is 0 Å². The van der Waals surface area contributed by atoms with Gasteiger partial charge in [0, 0.05) is 58.5 Å². The van der Waals surface area contributed by atoms with Crippen LogP contribution in [-0.4, -0.2) is 11.5 Å². The average Bonchev–Trinajstić information content (AvgIpc) is 3.15. The molecule has 4 nitrogen and oxygen atoms in total. The minimum absolute atomic E-state index is 0.179. The molecule has 1 aliphatic heterocycles.